The number of aliphatic hydroxyl groups excluding tert-OH is 1. The van der Waals surface area contributed by atoms with Crippen LogP contribution in [0.4, 0.5) is 0 Å². The molecule has 2 fully saturated rings. The van der Waals surface area contributed by atoms with E-state index < -0.39 is 0 Å². The van der Waals surface area contributed by atoms with E-state index in [1.54, 1.807) is 0 Å². The van der Waals surface area contributed by atoms with Crippen LogP contribution < -0.4 is 5.32 Å². The van der Waals surface area contributed by atoms with Gasteiger partial charge in [-0.3, -0.25) is 4.79 Å². The van der Waals surface area contributed by atoms with Crippen LogP contribution in [0.2, 0.25) is 0 Å². The van der Waals surface area contributed by atoms with Gasteiger partial charge in [-0.25, -0.2) is 0 Å². The predicted octanol–water partition coefficient (Wildman–Crippen LogP) is 0.995. The molecule has 1 saturated heterocycles. The van der Waals surface area contributed by atoms with E-state index in [1.165, 1.54) is 0 Å². The number of nitrogens with zero attached hydrogens (tertiary/aromatic N) is 1. The molecule has 1 aliphatic heterocycles. The van der Waals surface area contributed by atoms with Gasteiger partial charge in [-0.15, -0.1) is 0 Å². The number of rotatable bonds is 3. The highest BCUT2D eigenvalue weighted by Gasteiger charge is 2.27. The van der Waals surface area contributed by atoms with Crippen molar-refractivity contribution in [1.29, 1.82) is 0 Å². The molecule has 1 heterocycles. The van der Waals surface area contributed by atoms with Crippen LogP contribution in [0.5, 0.6) is 0 Å². The third kappa shape index (κ3) is 3.69. The van der Waals surface area contributed by atoms with Gasteiger partial charge in [0.15, 0.2) is 0 Å². The maximum Gasteiger partial charge on any atom is 0.224 e. The van der Waals surface area contributed by atoms with Crippen molar-refractivity contribution in [3.8, 4) is 0 Å². The first-order valence-electron chi connectivity index (χ1n) is 7.29. The lowest BCUT2D eigenvalue weighted by Gasteiger charge is -2.32. The third-order valence-corrected chi connectivity index (χ3v) is 4.45. The molecule has 4 heteroatoms. The summed E-state index contributed by atoms with van der Waals surface area (Å²) in [6.07, 6.45) is 6.31. The lowest BCUT2D eigenvalue weighted by atomic mass is 9.86. The lowest BCUT2D eigenvalue weighted by Crippen LogP contribution is -2.46. The molecule has 4 nitrogen and oxygen atoms in total. The van der Waals surface area contributed by atoms with Gasteiger partial charge in [-0.1, -0.05) is 0 Å². The molecule has 2 rings (SSSR count). The zero-order chi connectivity index (χ0) is 13.0. The first-order chi connectivity index (χ1) is 8.69. The SMILES string of the molecule is CN1CCCC(C(=O)NC2CCC(CO)CC2)C1. The van der Waals surface area contributed by atoms with Crippen LogP contribution in [0.25, 0.3) is 0 Å². The topological polar surface area (TPSA) is 52.6 Å². The normalized spacial score (nSPS) is 34.2. The van der Waals surface area contributed by atoms with Gasteiger partial charge in [0.25, 0.3) is 0 Å². The number of piperidine rings is 1. The molecule has 0 radical (unpaired) electrons. The Balaban J connectivity index is 1.74. The highest BCUT2D eigenvalue weighted by atomic mass is 16.3. The number of amides is 1. The largest absolute Gasteiger partial charge is 0.396 e. The molecule has 1 saturated carbocycles. The van der Waals surface area contributed by atoms with Crippen LogP contribution in [-0.2, 0) is 4.79 Å². The van der Waals surface area contributed by atoms with E-state index in [0.717, 1.165) is 51.6 Å². The maximum absolute atomic E-state index is 12.2. The van der Waals surface area contributed by atoms with Crippen molar-refractivity contribution < 1.29 is 9.90 Å². The Kier molecular flexibility index (Phi) is 5.01. The zero-order valence-electron chi connectivity index (χ0n) is 11.4. The number of likely N-dealkylation sites (tertiary alicyclic amines) is 1. The fourth-order valence-electron chi connectivity index (χ4n) is 3.19. The van der Waals surface area contributed by atoms with Crippen molar-refractivity contribution in [1.82, 2.24) is 10.2 Å². The second kappa shape index (κ2) is 6.53. The van der Waals surface area contributed by atoms with Crippen LogP contribution in [0.1, 0.15) is 38.5 Å². The highest BCUT2D eigenvalue weighted by molar-refractivity contribution is 5.79. The van der Waals surface area contributed by atoms with Crippen LogP contribution >= 0.6 is 0 Å². The summed E-state index contributed by atoms with van der Waals surface area (Å²) in [5.41, 5.74) is 0. The molecule has 104 valence electrons. The van der Waals surface area contributed by atoms with Gasteiger partial charge >= 0.3 is 0 Å². The first-order valence-corrected chi connectivity index (χ1v) is 7.29. The van der Waals surface area contributed by atoms with Crippen molar-refractivity contribution in [3.63, 3.8) is 0 Å². The van der Waals surface area contributed by atoms with Crippen LogP contribution in [0.3, 0.4) is 0 Å². The smallest absolute Gasteiger partial charge is 0.224 e. The van der Waals surface area contributed by atoms with E-state index in [-0.39, 0.29) is 11.8 Å². The Morgan fingerprint density at radius 2 is 2.00 bits per heavy atom. The molecule has 2 N–H and O–H groups in total. The van der Waals surface area contributed by atoms with E-state index in [1.807, 2.05) is 0 Å². The van der Waals surface area contributed by atoms with Crippen LogP contribution in [0.15, 0.2) is 0 Å². The average molecular weight is 254 g/mol. The summed E-state index contributed by atoms with van der Waals surface area (Å²) in [6, 6.07) is 0.340. The van der Waals surface area contributed by atoms with Gasteiger partial charge in [-0.2, -0.15) is 0 Å². The Hall–Kier alpha value is -0.610. The van der Waals surface area contributed by atoms with Gasteiger partial charge < -0.3 is 15.3 Å². The van der Waals surface area contributed by atoms with Crippen molar-refractivity contribution in [2.24, 2.45) is 11.8 Å². The van der Waals surface area contributed by atoms with E-state index in [9.17, 15) is 4.79 Å². The summed E-state index contributed by atoms with van der Waals surface area (Å²) in [5, 5.41) is 12.3. The number of hydrogen-bond acceptors (Lipinski definition) is 3. The third-order valence-electron chi connectivity index (χ3n) is 4.45. The summed E-state index contributed by atoms with van der Waals surface area (Å²) >= 11 is 0. The summed E-state index contributed by atoms with van der Waals surface area (Å²) in [7, 11) is 2.09. The predicted molar refractivity (Wildman–Crippen MR) is 71.2 cm³/mol. The second-order valence-corrected chi connectivity index (χ2v) is 6.01. The zero-order valence-corrected chi connectivity index (χ0v) is 11.4. The van der Waals surface area contributed by atoms with E-state index >= 15 is 0 Å². The number of carbonyl (C=O) groups excluding carboxylic acids is 1. The molecule has 2 aliphatic rings. The minimum Gasteiger partial charge on any atom is -0.396 e. The Morgan fingerprint density at radius 1 is 1.28 bits per heavy atom. The standard InChI is InChI=1S/C14H26N2O2/c1-16-8-2-3-12(9-16)14(18)15-13-6-4-11(10-17)5-7-13/h11-13,17H,2-10H2,1H3,(H,15,18). The quantitative estimate of drug-likeness (QED) is 0.790. The van der Waals surface area contributed by atoms with Crippen molar-refractivity contribution in [3.05, 3.63) is 0 Å². The van der Waals surface area contributed by atoms with E-state index in [0.29, 0.717) is 18.6 Å². The molecule has 0 aromatic heterocycles. The Labute approximate surface area is 110 Å². The fourth-order valence-corrected chi connectivity index (χ4v) is 3.19. The van der Waals surface area contributed by atoms with Crippen LogP contribution in [0, 0.1) is 11.8 Å². The monoisotopic (exact) mass is 254 g/mol. The molecule has 1 aliphatic carbocycles. The molecule has 0 spiro atoms. The highest BCUT2D eigenvalue weighted by Crippen LogP contribution is 2.24. The van der Waals surface area contributed by atoms with Crippen molar-refractivity contribution in [2.75, 3.05) is 26.7 Å². The van der Waals surface area contributed by atoms with Gasteiger partial charge in [0.05, 0.1) is 5.92 Å². The minimum atomic E-state index is 0.180. The molecule has 0 aromatic rings. The molecule has 1 amide bonds. The number of aliphatic hydroxyl groups is 1. The molecule has 0 bridgehead atoms. The van der Waals surface area contributed by atoms with E-state index in [2.05, 4.69) is 17.3 Å². The fraction of sp³-hybridized carbons (Fsp3) is 0.929. The van der Waals surface area contributed by atoms with Crippen LogP contribution in [-0.4, -0.2) is 48.7 Å². The summed E-state index contributed by atoms with van der Waals surface area (Å²) in [6.45, 7) is 2.32. The number of carbonyl (C=O) groups is 1. The molecule has 18 heavy (non-hydrogen) atoms. The first kappa shape index (κ1) is 13.8. The summed E-state index contributed by atoms with van der Waals surface area (Å²) in [4.78, 5) is 14.4. The Bertz CT molecular complexity index is 275. The van der Waals surface area contributed by atoms with Gasteiger partial charge in [0, 0.05) is 19.2 Å². The summed E-state index contributed by atoms with van der Waals surface area (Å²) < 4.78 is 0. The molecule has 0 aromatic carbocycles. The average Bonchev–Trinajstić information content (AvgIpc) is 2.39. The van der Waals surface area contributed by atoms with Gasteiger partial charge in [0.1, 0.15) is 0 Å². The number of nitrogens with one attached hydrogen (secondary N) is 1. The number of hydrogen-bond donors (Lipinski definition) is 2. The Morgan fingerprint density at radius 3 is 2.61 bits per heavy atom. The molecular formula is C14H26N2O2. The van der Waals surface area contributed by atoms with Gasteiger partial charge in [0.2, 0.25) is 5.91 Å². The summed E-state index contributed by atoms with van der Waals surface area (Å²) in [5.74, 6) is 0.882. The van der Waals surface area contributed by atoms with Crippen molar-refractivity contribution >= 4 is 5.91 Å². The molecule has 1 atom stereocenters. The maximum atomic E-state index is 12.2. The minimum absolute atomic E-state index is 0.180. The molecule has 1 unspecified atom stereocenters. The second-order valence-electron chi connectivity index (χ2n) is 6.01. The van der Waals surface area contributed by atoms with Gasteiger partial charge in [-0.05, 0) is 58.0 Å². The van der Waals surface area contributed by atoms with Crippen molar-refractivity contribution in [2.45, 2.75) is 44.6 Å². The lowest BCUT2D eigenvalue weighted by molar-refractivity contribution is -0.127. The van der Waals surface area contributed by atoms with E-state index in [4.69, 9.17) is 5.11 Å². The molecular weight excluding hydrogens is 228 g/mol.